The van der Waals surface area contributed by atoms with Gasteiger partial charge in [-0.25, -0.2) is 0 Å². The van der Waals surface area contributed by atoms with Crippen molar-refractivity contribution in [3.8, 4) is 0 Å². The second-order valence-corrected chi connectivity index (χ2v) is 20.1. The van der Waals surface area contributed by atoms with E-state index in [0.29, 0.717) is 19.8 Å². The number of hydrogen-bond donors (Lipinski definition) is 0. The molecule has 67 heavy (non-hydrogen) atoms. The molecule has 0 aromatic rings. The third-order valence-electron chi connectivity index (χ3n) is 11.6. The topological polar surface area (TPSA) is 148 Å². The molecule has 3 atom stereocenters. The summed E-state index contributed by atoms with van der Waals surface area (Å²) in [5.74, 6) is 0. The van der Waals surface area contributed by atoms with Crippen molar-refractivity contribution in [3.05, 3.63) is 36.5 Å². The van der Waals surface area contributed by atoms with Crippen LogP contribution in [0.2, 0.25) is 0 Å². The Morgan fingerprint density at radius 1 is 0.269 bits per heavy atom. The summed E-state index contributed by atoms with van der Waals surface area (Å²) in [6, 6.07) is 0. The van der Waals surface area contributed by atoms with E-state index in [0.717, 1.165) is 38.5 Å². The maximum absolute atomic E-state index is 10.2. The van der Waals surface area contributed by atoms with Gasteiger partial charge in [-0.2, -0.15) is 0 Å². The van der Waals surface area contributed by atoms with Crippen LogP contribution in [0.3, 0.4) is 0 Å². The molecule has 0 saturated carbocycles. The summed E-state index contributed by atoms with van der Waals surface area (Å²) in [5, 5.41) is 0. The van der Waals surface area contributed by atoms with Crippen LogP contribution in [0.4, 0.5) is 0 Å². The van der Waals surface area contributed by atoms with Gasteiger partial charge in [0.25, 0.3) is 0 Å². The largest absolute Gasteiger partial charge is 3.00 e. The third-order valence-corrected chi connectivity index (χ3v) is 12.7. The summed E-state index contributed by atoms with van der Waals surface area (Å²) in [7, 11) is -7.95. The monoisotopic (exact) mass is 1130 g/mol. The summed E-state index contributed by atoms with van der Waals surface area (Å²) in [5.41, 5.74) is 0. The normalized spacial score (nSPS) is 12.0. The number of unbranched alkanes of at least 4 members (excludes halogenated alkanes) is 36. The first-order valence-corrected chi connectivity index (χ1v) is 30.9. The Bertz CT molecular complexity index is 937. The number of hydrogen-bond acceptors (Lipinski definition) is 9. The smallest absolute Gasteiger partial charge is 0.566 e. The molecule has 0 aliphatic rings. The quantitative estimate of drug-likeness (QED) is 0.0330. The molecule has 0 spiro atoms. The molecule has 3 unspecified atom stereocenters. The third kappa shape index (κ3) is 83.8. The first-order chi connectivity index (χ1) is 32.3. The summed E-state index contributed by atoms with van der Waals surface area (Å²) in [6.45, 7) is 7.82. The molecular formula is C54H105NdO9P3+3. The van der Waals surface area contributed by atoms with E-state index in [-0.39, 0.29) is 40.8 Å². The molecule has 0 aliphatic carbocycles. The Kier molecular flexibility index (Phi) is 78.5. The fraction of sp³-hybridized carbons (Fsp3) is 0.889. The van der Waals surface area contributed by atoms with Crippen LogP contribution in [0.25, 0.3) is 0 Å². The van der Waals surface area contributed by atoms with Gasteiger partial charge in [0.05, 0.1) is 0 Å². The van der Waals surface area contributed by atoms with Crippen molar-refractivity contribution in [1.29, 1.82) is 0 Å². The van der Waals surface area contributed by atoms with Crippen molar-refractivity contribution in [2.24, 2.45) is 0 Å². The van der Waals surface area contributed by atoms with Gasteiger partial charge in [-0.15, -0.1) is 13.6 Å². The molecule has 0 aliphatic heterocycles. The second kappa shape index (κ2) is 70.9. The average molecular weight is 1140 g/mol. The Balaban J connectivity index is -0.000000441. The van der Waals surface area contributed by atoms with Crippen molar-refractivity contribution in [1.82, 2.24) is 0 Å². The zero-order valence-corrected chi connectivity index (χ0v) is 49.7. The van der Waals surface area contributed by atoms with Crippen LogP contribution in [-0.4, -0.2) is 19.8 Å². The van der Waals surface area contributed by atoms with Crippen molar-refractivity contribution >= 4 is 24.8 Å². The van der Waals surface area contributed by atoms with Crippen LogP contribution in [-0.2, 0) is 27.3 Å². The fourth-order valence-corrected chi connectivity index (χ4v) is 8.30. The number of rotatable bonds is 51. The summed E-state index contributed by atoms with van der Waals surface area (Å²) >= 11 is 0. The van der Waals surface area contributed by atoms with Gasteiger partial charge in [0.15, 0.2) is 0 Å². The van der Waals surface area contributed by atoms with E-state index in [4.69, 9.17) is 0 Å². The first kappa shape index (κ1) is 74.2. The summed E-state index contributed by atoms with van der Waals surface area (Å²) in [4.78, 5) is 30.5. The van der Waals surface area contributed by atoms with Gasteiger partial charge < -0.3 is 14.7 Å². The fourth-order valence-electron chi connectivity index (χ4n) is 7.47. The summed E-state index contributed by atoms with van der Waals surface area (Å²) < 4.78 is 44.0. The van der Waals surface area contributed by atoms with Crippen molar-refractivity contribution in [2.75, 3.05) is 19.8 Å². The molecule has 0 N–H and O–H groups in total. The Hall–Kier alpha value is 0.631. The molecule has 9 nitrogen and oxygen atoms in total. The van der Waals surface area contributed by atoms with Gasteiger partial charge in [0, 0.05) is 0 Å². The molecular weight excluding hydrogens is 1030 g/mol. The second-order valence-electron chi connectivity index (χ2n) is 18.0. The maximum atomic E-state index is 10.2. The minimum absolute atomic E-state index is 0. The van der Waals surface area contributed by atoms with E-state index in [2.05, 4.69) is 70.8 Å². The molecule has 0 rings (SSSR count). The molecule has 0 aromatic heterocycles. The predicted octanol–water partition coefficient (Wildman–Crippen LogP) is 18.2. The van der Waals surface area contributed by atoms with Crippen molar-refractivity contribution in [3.63, 3.8) is 0 Å². The van der Waals surface area contributed by atoms with E-state index < -0.39 is 24.8 Å². The molecule has 0 saturated heterocycles. The van der Waals surface area contributed by atoms with Crippen LogP contribution in [0.15, 0.2) is 36.5 Å². The minimum atomic E-state index is -2.65. The van der Waals surface area contributed by atoms with Gasteiger partial charge in [-0.1, -0.05) is 231 Å². The first-order valence-electron chi connectivity index (χ1n) is 27.6. The van der Waals surface area contributed by atoms with E-state index in [1.54, 1.807) is 0 Å². The van der Waals surface area contributed by atoms with Gasteiger partial charge in [0.1, 0.15) is 19.8 Å². The number of allylic oxidation sites excluding steroid dienone is 6. The zero-order chi connectivity index (χ0) is 48.9. The Labute approximate surface area is 450 Å². The van der Waals surface area contributed by atoms with Gasteiger partial charge in [-0.05, 0) is 110 Å². The van der Waals surface area contributed by atoms with E-state index in [9.17, 15) is 28.4 Å². The molecule has 0 heterocycles. The molecule has 0 fully saturated rings. The SMILES string of the molecule is CCCCCCCCC=CCCCCCCCCO[P+](=O)[O-].CCCCCCCCC=CCCCCCCCCO[P+](=O)[O-].CCCCCCCCC=CCCCCCCCCO[P+](=O)[O-].[Nd+3]. The predicted molar refractivity (Wildman–Crippen MR) is 279 cm³/mol. The minimum Gasteiger partial charge on any atom is -0.566 e. The van der Waals surface area contributed by atoms with Gasteiger partial charge in [0.2, 0.25) is 0 Å². The van der Waals surface area contributed by atoms with E-state index in [1.807, 2.05) is 0 Å². The van der Waals surface area contributed by atoms with Crippen molar-refractivity contribution < 1.29 is 82.8 Å². The Morgan fingerprint density at radius 3 is 0.582 bits per heavy atom. The van der Waals surface area contributed by atoms with E-state index >= 15 is 0 Å². The van der Waals surface area contributed by atoms with Crippen LogP contribution in [0.5, 0.6) is 0 Å². The molecule has 0 aromatic carbocycles. The average Bonchev–Trinajstić information content (AvgIpc) is 3.29. The maximum Gasteiger partial charge on any atom is 3.00 e. The molecule has 0 bridgehead atoms. The van der Waals surface area contributed by atoms with Gasteiger partial charge >= 0.3 is 65.6 Å². The van der Waals surface area contributed by atoms with Crippen LogP contribution in [0.1, 0.15) is 290 Å². The molecule has 1 radical (unpaired) electrons. The van der Waals surface area contributed by atoms with Crippen molar-refractivity contribution in [2.45, 2.75) is 290 Å². The summed E-state index contributed by atoms with van der Waals surface area (Å²) in [6.07, 6.45) is 66.8. The molecule has 13 heteroatoms. The van der Waals surface area contributed by atoms with E-state index in [1.165, 1.54) is 231 Å². The van der Waals surface area contributed by atoms with Crippen LogP contribution in [0, 0.1) is 40.8 Å². The van der Waals surface area contributed by atoms with Gasteiger partial charge in [-0.3, -0.25) is 0 Å². The standard InChI is InChI=1S/3C18H35O3P.Nd/c3*1-2-3-4-5-6-7-8-9-10-11-12-13-14-15-16-17-18-21-22(19)20;/h3*9-10H,2-8,11-18H2,1H3;/q;;;+3. The zero-order valence-electron chi connectivity index (χ0n) is 43.8. The van der Waals surface area contributed by atoms with Crippen LogP contribution >= 0.6 is 24.8 Å². The Morgan fingerprint density at radius 2 is 0.418 bits per heavy atom. The van der Waals surface area contributed by atoms with Crippen LogP contribution < -0.4 is 14.7 Å². The molecule has 391 valence electrons. The molecule has 0 amide bonds.